The quantitative estimate of drug-likeness (QED) is 0.902. The molecule has 18 heavy (non-hydrogen) atoms. The van der Waals surface area contributed by atoms with E-state index in [1.54, 1.807) is 19.1 Å². The summed E-state index contributed by atoms with van der Waals surface area (Å²) in [5.74, 6) is -0.764. The van der Waals surface area contributed by atoms with Gasteiger partial charge in [0.2, 0.25) is 0 Å². The van der Waals surface area contributed by atoms with Crippen molar-refractivity contribution in [3.63, 3.8) is 0 Å². The smallest absolute Gasteiger partial charge is 0.166 e. The fourth-order valence-electron chi connectivity index (χ4n) is 1.53. The summed E-state index contributed by atoms with van der Waals surface area (Å²) in [4.78, 5) is 0. The van der Waals surface area contributed by atoms with Crippen LogP contribution in [-0.4, -0.2) is 5.11 Å². The lowest BCUT2D eigenvalue weighted by Crippen LogP contribution is -1.93. The maximum atomic E-state index is 13.6. The summed E-state index contributed by atoms with van der Waals surface area (Å²) < 4.78 is 32.0. The molecule has 2 aromatic rings. The highest BCUT2D eigenvalue weighted by molar-refractivity contribution is 5.38. The minimum absolute atomic E-state index is 0.000833. The zero-order valence-corrected chi connectivity index (χ0v) is 9.78. The molecule has 94 valence electrons. The second-order valence-corrected chi connectivity index (χ2v) is 3.93. The maximum Gasteiger partial charge on any atom is 0.166 e. The van der Waals surface area contributed by atoms with E-state index >= 15 is 0 Å². The van der Waals surface area contributed by atoms with Crippen LogP contribution in [0.3, 0.4) is 0 Å². The van der Waals surface area contributed by atoms with E-state index in [0.717, 1.165) is 0 Å². The number of hydrogen-bond donors (Lipinski definition) is 1. The van der Waals surface area contributed by atoms with Crippen LogP contribution in [0.5, 0.6) is 11.5 Å². The third-order valence-electron chi connectivity index (χ3n) is 2.55. The van der Waals surface area contributed by atoms with E-state index in [-0.39, 0.29) is 18.1 Å². The standard InChI is InChI=1S/C14H12F2O2/c1-9-2-4-11(15)7-14(9)18-13-5-3-10(8-17)6-12(13)16/h2-7,17H,8H2,1H3. The monoisotopic (exact) mass is 250 g/mol. The molecule has 0 saturated heterocycles. The minimum atomic E-state index is -0.592. The van der Waals surface area contributed by atoms with Gasteiger partial charge in [-0.2, -0.15) is 0 Å². The molecule has 0 unspecified atom stereocenters. The molecule has 0 bridgehead atoms. The highest BCUT2D eigenvalue weighted by Crippen LogP contribution is 2.28. The van der Waals surface area contributed by atoms with Crippen LogP contribution >= 0.6 is 0 Å². The molecule has 0 aliphatic rings. The lowest BCUT2D eigenvalue weighted by atomic mass is 10.2. The number of aryl methyl sites for hydroxylation is 1. The summed E-state index contributed by atoms with van der Waals surface area (Å²) in [5, 5.41) is 8.87. The SMILES string of the molecule is Cc1ccc(F)cc1Oc1ccc(CO)cc1F. The summed E-state index contributed by atoms with van der Waals surface area (Å²) in [6.45, 7) is 1.50. The molecular formula is C14H12F2O2. The van der Waals surface area contributed by atoms with Gasteiger partial charge in [-0.1, -0.05) is 12.1 Å². The first-order chi connectivity index (χ1) is 8.60. The largest absolute Gasteiger partial charge is 0.454 e. The van der Waals surface area contributed by atoms with Crippen LogP contribution in [0.25, 0.3) is 0 Å². The fraction of sp³-hybridized carbons (Fsp3) is 0.143. The lowest BCUT2D eigenvalue weighted by molar-refractivity contribution is 0.281. The summed E-state index contributed by atoms with van der Waals surface area (Å²) in [5.41, 5.74) is 1.16. The molecule has 0 saturated carbocycles. The van der Waals surface area contributed by atoms with Crippen LogP contribution in [0.2, 0.25) is 0 Å². The van der Waals surface area contributed by atoms with E-state index in [1.165, 1.54) is 24.3 Å². The van der Waals surface area contributed by atoms with Gasteiger partial charge in [0.15, 0.2) is 11.6 Å². The molecule has 0 fully saturated rings. The van der Waals surface area contributed by atoms with Gasteiger partial charge in [-0.15, -0.1) is 0 Å². The summed E-state index contributed by atoms with van der Waals surface area (Å²) in [6.07, 6.45) is 0. The average molecular weight is 250 g/mol. The van der Waals surface area contributed by atoms with Crippen LogP contribution in [0.1, 0.15) is 11.1 Å². The van der Waals surface area contributed by atoms with Crippen molar-refractivity contribution in [1.29, 1.82) is 0 Å². The Morgan fingerprint density at radius 3 is 2.50 bits per heavy atom. The van der Waals surface area contributed by atoms with Gasteiger partial charge in [-0.05, 0) is 36.2 Å². The Morgan fingerprint density at radius 1 is 1.06 bits per heavy atom. The first-order valence-electron chi connectivity index (χ1n) is 5.43. The van der Waals surface area contributed by atoms with Gasteiger partial charge >= 0.3 is 0 Å². The highest BCUT2D eigenvalue weighted by atomic mass is 19.1. The highest BCUT2D eigenvalue weighted by Gasteiger charge is 2.08. The second kappa shape index (κ2) is 5.14. The Hall–Kier alpha value is -1.94. The Bertz CT molecular complexity index is 568. The number of hydrogen-bond acceptors (Lipinski definition) is 2. The molecule has 0 atom stereocenters. The molecule has 4 heteroatoms. The molecule has 2 nitrogen and oxygen atoms in total. The molecule has 0 aromatic heterocycles. The van der Waals surface area contributed by atoms with Gasteiger partial charge in [-0.25, -0.2) is 8.78 Å². The van der Waals surface area contributed by atoms with E-state index in [9.17, 15) is 8.78 Å². The maximum absolute atomic E-state index is 13.6. The average Bonchev–Trinajstić information content (AvgIpc) is 2.36. The van der Waals surface area contributed by atoms with Crippen molar-refractivity contribution in [2.75, 3.05) is 0 Å². The van der Waals surface area contributed by atoms with Gasteiger partial charge in [0, 0.05) is 6.07 Å². The predicted octanol–water partition coefficient (Wildman–Crippen LogP) is 3.56. The van der Waals surface area contributed by atoms with E-state index in [2.05, 4.69) is 0 Å². The predicted molar refractivity (Wildman–Crippen MR) is 63.5 cm³/mol. The van der Waals surface area contributed by atoms with Crippen LogP contribution in [0.15, 0.2) is 36.4 Å². The van der Waals surface area contributed by atoms with Crippen molar-refractivity contribution in [3.05, 3.63) is 59.2 Å². The zero-order valence-electron chi connectivity index (χ0n) is 9.78. The Labute approximate surface area is 103 Å². The van der Waals surface area contributed by atoms with Crippen molar-refractivity contribution in [3.8, 4) is 11.5 Å². The topological polar surface area (TPSA) is 29.5 Å². The number of aliphatic hydroxyl groups excluding tert-OH is 1. The lowest BCUT2D eigenvalue weighted by Gasteiger charge is -2.10. The summed E-state index contributed by atoms with van der Waals surface area (Å²) in [6, 6.07) is 8.22. The van der Waals surface area contributed by atoms with Gasteiger partial charge in [0.1, 0.15) is 11.6 Å². The molecular weight excluding hydrogens is 238 g/mol. The number of halogens is 2. The van der Waals surface area contributed by atoms with Crippen molar-refractivity contribution in [1.82, 2.24) is 0 Å². The van der Waals surface area contributed by atoms with Crippen molar-refractivity contribution >= 4 is 0 Å². The molecule has 1 N–H and O–H groups in total. The second-order valence-electron chi connectivity index (χ2n) is 3.93. The molecule has 2 rings (SSSR count). The first-order valence-corrected chi connectivity index (χ1v) is 5.43. The molecule has 0 amide bonds. The van der Waals surface area contributed by atoms with Gasteiger partial charge < -0.3 is 9.84 Å². The summed E-state index contributed by atoms with van der Waals surface area (Å²) in [7, 11) is 0. The molecule has 0 aliphatic heterocycles. The molecule has 2 aromatic carbocycles. The fourth-order valence-corrected chi connectivity index (χ4v) is 1.53. The molecule has 0 spiro atoms. The Balaban J connectivity index is 2.31. The normalized spacial score (nSPS) is 10.4. The van der Waals surface area contributed by atoms with Gasteiger partial charge in [-0.3, -0.25) is 0 Å². The van der Waals surface area contributed by atoms with E-state index in [4.69, 9.17) is 9.84 Å². The first kappa shape index (κ1) is 12.5. The van der Waals surface area contributed by atoms with Crippen LogP contribution in [0.4, 0.5) is 8.78 Å². The number of aliphatic hydroxyl groups is 1. The number of ether oxygens (including phenoxy) is 1. The third kappa shape index (κ3) is 2.65. The minimum Gasteiger partial charge on any atom is -0.454 e. The van der Waals surface area contributed by atoms with Crippen LogP contribution in [0, 0.1) is 18.6 Å². The van der Waals surface area contributed by atoms with E-state index in [0.29, 0.717) is 11.1 Å². The van der Waals surface area contributed by atoms with Gasteiger partial charge in [0.25, 0.3) is 0 Å². The summed E-state index contributed by atoms with van der Waals surface area (Å²) >= 11 is 0. The van der Waals surface area contributed by atoms with Crippen LogP contribution in [-0.2, 0) is 6.61 Å². The number of benzene rings is 2. The van der Waals surface area contributed by atoms with Crippen molar-refractivity contribution in [2.24, 2.45) is 0 Å². The van der Waals surface area contributed by atoms with Gasteiger partial charge in [0.05, 0.1) is 6.61 Å². The Morgan fingerprint density at radius 2 is 1.83 bits per heavy atom. The zero-order chi connectivity index (χ0) is 13.1. The molecule has 0 radical (unpaired) electrons. The van der Waals surface area contributed by atoms with Crippen molar-refractivity contribution in [2.45, 2.75) is 13.5 Å². The van der Waals surface area contributed by atoms with E-state index in [1.807, 2.05) is 0 Å². The number of rotatable bonds is 3. The van der Waals surface area contributed by atoms with E-state index < -0.39 is 11.6 Å². The Kier molecular flexibility index (Phi) is 3.58. The van der Waals surface area contributed by atoms with Crippen molar-refractivity contribution < 1.29 is 18.6 Å². The molecule has 0 heterocycles. The third-order valence-corrected chi connectivity index (χ3v) is 2.55. The van der Waals surface area contributed by atoms with Crippen LogP contribution < -0.4 is 4.74 Å². The molecule has 0 aliphatic carbocycles.